The molecule has 0 aromatic heterocycles. The average molecular weight is 664 g/mol. The summed E-state index contributed by atoms with van der Waals surface area (Å²) in [6, 6.07) is 25.0. The van der Waals surface area contributed by atoms with Crippen molar-refractivity contribution >= 4 is 39.1 Å². The highest BCUT2D eigenvalue weighted by molar-refractivity contribution is 7.92. The van der Waals surface area contributed by atoms with Gasteiger partial charge < -0.3 is 10.2 Å². The largest absolute Gasteiger partial charge is 0.352 e. The van der Waals surface area contributed by atoms with Crippen LogP contribution in [0.4, 0.5) is 10.1 Å². The maximum atomic E-state index is 14.6. The van der Waals surface area contributed by atoms with Crippen LogP contribution in [0.1, 0.15) is 42.5 Å². The maximum absolute atomic E-state index is 14.6. The molecule has 0 aliphatic rings. The molecule has 0 unspecified atom stereocenters. The van der Waals surface area contributed by atoms with Gasteiger partial charge in [0, 0.05) is 24.0 Å². The topological polar surface area (TPSA) is 86.8 Å². The maximum Gasteiger partial charge on any atom is 0.264 e. The molecular formula is C36H39ClFN3O4S. The van der Waals surface area contributed by atoms with Crippen LogP contribution in [0.25, 0.3) is 0 Å². The van der Waals surface area contributed by atoms with E-state index in [-0.39, 0.29) is 35.5 Å². The number of rotatable bonds is 13. The number of aryl methyl sites for hydroxylation is 2. The summed E-state index contributed by atoms with van der Waals surface area (Å²) in [6.07, 6.45) is 0.850. The fraction of sp³-hybridized carbons (Fsp3) is 0.278. The summed E-state index contributed by atoms with van der Waals surface area (Å²) in [7, 11) is -4.27. The van der Waals surface area contributed by atoms with Crippen molar-refractivity contribution in [1.29, 1.82) is 0 Å². The molecule has 0 fully saturated rings. The lowest BCUT2D eigenvalue weighted by atomic mass is 10.0. The van der Waals surface area contributed by atoms with Crippen LogP contribution >= 0.6 is 11.6 Å². The first-order valence-corrected chi connectivity index (χ1v) is 16.9. The summed E-state index contributed by atoms with van der Waals surface area (Å²) < 4.78 is 43.4. The highest BCUT2D eigenvalue weighted by Gasteiger charge is 2.35. The zero-order valence-electron chi connectivity index (χ0n) is 26.4. The summed E-state index contributed by atoms with van der Waals surface area (Å²) >= 11 is 6.34. The number of carbonyl (C=O) groups is 2. The fourth-order valence-electron chi connectivity index (χ4n) is 4.98. The molecule has 4 aromatic carbocycles. The van der Waals surface area contributed by atoms with Gasteiger partial charge in [-0.1, -0.05) is 84.8 Å². The minimum Gasteiger partial charge on any atom is -0.352 e. The number of nitrogens with zero attached hydrogens (tertiary/aromatic N) is 2. The Hall–Kier alpha value is -4.21. The van der Waals surface area contributed by atoms with Gasteiger partial charge in [0.15, 0.2) is 0 Å². The number of carbonyl (C=O) groups excluding carboxylic acids is 2. The predicted octanol–water partition coefficient (Wildman–Crippen LogP) is 6.85. The van der Waals surface area contributed by atoms with E-state index in [4.69, 9.17) is 11.6 Å². The minimum atomic E-state index is -4.27. The number of hydrogen-bond acceptors (Lipinski definition) is 4. The van der Waals surface area contributed by atoms with E-state index in [1.165, 1.54) is 35.2 Å². The van der Waals surface area contributed by atoms with Crippen molar-refractivity contribution in [3.05, 3.63) is 130 Å². The van der Waals surface area contributed by atoms with Crippen LogP contribution in [0.15, 0.2) is 102 Å². The van der Waals surface area contributed by atoms with Gasteiger partial charge in [0.05, 0.1) is 10.6 Å². The van der Waals surface area contributed by atoms with Crippen LogP contribution in [-0.4, -0.2) is 43.8 Å². The standard InChI is InChI=1S/C36H39ClFN3O4S/c1-5-27(4)39-36(43)34(21-28-9-7-6-8-10-28)40(23-29-14-17-31(38)18-15-29)35(42)24-41(33-22-30(37)16-13-26(33)3)46(44,45)32-19-11-25(2)12-20-32/h6-20,22,27,34H,5,21,23-24H2,1-4H3,(H,39,43)/t27-,34+/m0/s1. The Labute approximate surface area is 276 Å². The molecule has 2 atom stereocenters. The molecular weight excluding hydrogens is 625 g/mol. The highest BCUT2D eigenvalue weighted by atomic mass is 35.5. The number of amides is 2. The van der Waals surface area contributed by atoms with Gasteiger partial charge in [0.1, 0.15) is 18.4 Å². The van der Waals surface area contributed by atoms with Crippen LogP contribution in [0.3, 0.4) is 0 Å². The minimum absolute atomic E-state index is 0.00529. The number of benzene rings is 4. The van der Waals surface area contributed by atoms with E-state index >= 15 is 0 Å². The first-order valence-electron chi connectivity index (χ1n) is 15.1. The number of halogens is 2. The van der Waals surface area contributed by atoms with E-state index in [2.05, 4.69) is 5.32 Å². The van der Waals surface area contributed by atoms with E-state index in [0.29, 0.717) is 22.6 Å². The molecule has 0 saturated carbocycles. The number of sulfonamides is 1. The van der Waals surface area contributed by atoms with Gasteiger partial charge >= 0.3 is 0 Å². The molecule has 7 nitrogen and oxygen atoms in total. The second-order valence-corrected chi connectivity index (χ2v) is 13.7. The summed E-state index contributed by atoms with van der Waals surface area (Å²) in [6.45, 7) is 6.74. The third-order valence-electron chi connectivity index (χ3n) is 7.87. The summed E-state index contributed by atoms with van der Waals surface area (Å²) in [5.41, 5.74) is 3.11. The second kappa shape index (κ2) is 15.4. The van der Waals surface area contributed by atoms with Crippen LogP contribution in [0.2, 0.25) is 5.02 Å². The molecule has 0 spiro atoms. The lowest BCUT2D eigenvalue weighted by Crippen LogP contribution is -2.54. The lowest BCUT2D eigenvalue weighted by Gasteiger charge is -2.34. The Balaban J connectivity index is 1.83. The molecule has 0 radical (unpaired) electrons. The molecule has 0 saturated heterocycles. The van der Waals surface area contributed by atoms with Crippen molar-refractivity contribution in [1.82, 2.24) is 10.2 Å². The molecule has 1 N–H and O–H groups in total. The predicted molar refractivity (Wildman–Crippen MR) is 181 cm³/mol. The van der Waals surface area contributed by atoms with E-state index in [1.807, 2.05) is 51.1 Å². The third kappa shape index (κ3) is 8.73. The molecule has 0 bridgehead atoms. The van der Waals surface area contributed by atoms with E-state index in [0.717, 1.165) is 15.4 Å². The molecule has 0 heterocycles. The molecule has 2 amide bonds. The van der Waals surface area contributed by atoms with E-state index in [9.17, 15) is 22.4 Å². The highest BCUT2D eigenvalue weighted by Crippen LogP contribution is 2.30. The molecule has 242 valence electrons. The Kier molecular flexibility index (Phi) is 11.6. The van der Waals surface area contributed by atoms with E-state index < -0.39 is 34.3 Å². The Morgan fingerprint density at radius 1 is 0.891 bits per heavy atom. The van der Waals surface area contributed by atoms with Crippen molar-refractivity contribution in [2.45, 2.75) is 64.1 Å². The van der Waals surface area contributed by atoms with Gasteiger partial charge in [-0.25, -0.2) is 12.8 Å². The van der Waals surface area contributed by atoms with E-state index in [1.54, 1.807) is 43.3 Å². The van der Waals surface area contributed by atoms with Gasteiger partial charge in [0.2, 0.25) is 11.8 Å². The smallest absolute Gasteiger partial charge is 0.264 e. The fourth-order valence-corrected chi connectivity index (χ4v) is 6.62. The van der Waals surface area contributed by atoms with Gasteiger partial charge in [-0.05, 0) is 80.3 Å². The zero-order valence-corrected chi connectivity index (χ0v) is 28.0. The van der Waals surface area contributed by atoms with Crippen molar-refractivity contribution in [3.8, 4) is 0 Å². The van der Waals surface area contributed by atoms with Crippen LogP contribution in [0, 0.1) is 19.7 Å². The van der Waals surface area contributed by atoms with Gasteiger partial charge in [-0.3, -0.25) is 13.9 Å². The van der Waals surface area contributed by atoms with Crippen molar-refractivity contribution in [2.24, 2.45) is 0 Å². The molecule has 10 heteroatoms. The monoisotopic (exact) mass is 663 g/mol. The summed E-state index contributed by atoms with van der Waals surface area (Å²) in [5, 5.41) is 3.30. The summed E-state index contributed by atoms with van der Waals surface area (Å²) in [5.74, 6) is -1.43. The van der Waals surface area contributed by atoms with Crippen LogP contribution < -0.4 is 9.62 Å². The number of nitrogens with one attached hydrogen (secondary N) is 1. The molecule has 0 aliphatic carbocycles. The third-order valence-corrected chi connectivity index (χ3v) is 9.88. The Bertz CT molecular complexity index is 1750. The van der Waals surface area contributed by atoms with Crippen LogP contribution in [-0.2, 0) is 32.6 Å². The van der Waals surface area contributed by atoms with Crippen molar-refractivity contribution in [2.75, 3.05) is 10.8 Å². The summed E-state index contributed by atoms with van der Waals surface area (Å²) in [4.78, 5) is 29.8. The zero-order chi connectivity index (χ0) is 33.4. The normalized spacial score (nSPS) is 12.7. The van der Waals surface area contributed by atoms with Gasteiger partial charge in [-0.15, -0.1) is 0 Å². The van der Waals surface area contributed by atoms with Gasteiger partial charge in [-0.2, -0.15) is 0 Å². The average Bonchev–Trinajstić information content (AvgIpc) is 3.04. The quantitative estimate of drug-likeness (QED) is 0.170. The second-order valence-electron chi connectivity index (χ2n) is 11.4. The van der Waals surface area contributed by atoms with Crippen molar-refractivity contribution < 1.29 is 22.4 Å². The molecule has 0 aliphatic heterocycles. The van der Waals surface area contributed by atoms with Crippen LogP contribution in [0.5, 0.6) is 0 Å². The molecule has 4 rings (SSSR count). The SMILES string of the molecule is CC[C@H](C)NC(=O)[C@@H](Cc1ccccc1)N(Cc1ccc(F)cc1)C(=O)CN(c1cc(Cl)ccc1C)S(=O)(=O)c1ccc(C)cc1. The van der Waals surface area contributed by atoms with Gasteiger partial charge in [0.25, 0.3) is 10.0 Å². The Morgan fingerprint density at radius 3 is 2.17 bits per heavy atom. The molecule has 4 aromatic rings. The van der Waals surface area contributed by atoms with Crippen molar-refractivity contribution in [3.63, 3.8) is 0 Å². The Morgan fingerprint density at radius 2 is 1.54 bits per heavy atom. The number of anilines is 1. The number of hydrogen-bond donors (Lipinski definition) is 1. The lowest BCUT2D eigenvalue weighted by molar-refractivity contribution is -0.140. The molecule has 46 heavy (non-hydrogen) atoms. The first-order chi connectivity index (χ1) is 21.9. The first kappa shape index (κ1) is 34.7.